The van der Waals surface area contributed by atoms with Crippen molar-refractivity contribution >= 4 is 16.9 Å². The molecule has 0 aliphatic carbocycles. The summed E-state index contributed by atoms with van der Waals surface area (Å²) in [5.41, 5.74) is 8.57. The SMILES string of the molecule is Cc1cc2oc(=O)cc(COc3ccccc3C(N)=O)c2cc1C. The van der Waals surface area contributed by atoms with Crippen LogP contribution in [-0.2, 0) is 6.61 Å². The fraction of sp³-hybridized carbons (Fsp3) is 0.158. The Balaban J connectivity index is 2.01. The molecule has 1 heterocycles. The van der Waals surface area contributed by atoms with Crippen LogP contribution in [0.3, 0.4) is 0 Å². The summed E-state index contributed by atoms with van der Waals surface area (Å²) in [4.78, 5) is 23.2. The highest BCUT2D eigenvalue weighted by Gasteiger charge is 2.11. The van der Waals surface area contributed by atoms with Gasteiger partial charge in [0.1, 0.15) is 17.9 Å². The number of amides is 1. The summed E-state index contributed by atoms with van der Waals surface area (Å²) in [6.07, 6.45) is 0. The molecule has 0 unspecified atom stereocenters. The van der Waals surface area contributed by atoms with Gasteiger partial charge in [-0.15, -0.1) is 0 Å². The van der Waals surface area contributed by atoms with Crippen LogP contribution >= 0.6 is 0 Å². The summed E-state index contributed by atoms with van der Waals surface area (Å²) in [6.45, 7) is 4.09. The number of rotatable bonds is 4. The molecule has 0 fully saturated rings. The zero-order chi connectivity index (χ0) is 17.3. The standard InChI is InChI=1S/C19H17NO4/c1-11-7-15-13(9-18(21)24-17(15)8-12(11)2)10-23-16-6-4-3-5-14(16)19(20)22/h3-9H,10H2,1-2H3,(H2,20,22). The van der Waals surface area contributed by atoms with Gasteiger partial charge in [0, 0.05) is 17.0 Å². The fourth-order valence-corrected chi connectivity index (χ4v) is 2.55. The monoisotopic (exact) mass is 323 g/mol. The second kappa shape index (κ2) is 6.20. The maximum absolute atomic E-state index is 11.8. The minimum atomic E-state index is -0.561. The molecule has 2 aromatic carbocycles. The summed E-state index contributed by atoms with van der Waals surface area (Å²) in [5.74, 6) is -0.176. The van der Waals surface area contributed by atoms with Crippen molar-refractivity contribution in [2.24, 2.45) is 5.73 Å². The van der Waals surface area contributed by atoms with Crippen molar-refractivity contribution < 1.29 is 13.9 Å². The third kappa shape index (κ3) is 3.01. The van der Waals surface area contributed by atoms with Crippen molar-refractivity contribution in [3.63, 3.8) is 0 Å². The van der Waals surface area contributed by atoms with Gasteiger partial charge in [0.2, 0.25) is 0 Å². The van der Waals surface area contributed by atoms with Crippen LogP contribution in [-0.4, -0.2) is 5.91 Å². The van der Waals surface area contributed by atoms with Crippen LogP contribution in [0.2, 0.25) is 0 Å². The van der Waals surface area contributed by atoms with Gasteiger partial charge in [0.25, 0.3) is 5.91 Å². The van der Waals surface area contributed by atoms with E-state index in [1.807, 2.05) is 26.0 Å². The molecule has 0 aliphatic heterocycles. The Hall–Kier alpha value is -3.08. The van der Waals surface area contributed by atoms with Crippen molar-refractivity contribution in [1.82, 2.24) is 0 Å². The molecule has 5 heteroatoms. The van der Waals surface area contributed by atoms with Gasteiger partial charge in [0.15, 0.2) is 0 Å². The zero-order valence-corrected chi connectivity index (χ0v) is 13.5. The van der Waals surface area contributed by atoms with Crippen LogP contribution in [0.5, 0.6) is 5.75 Å². The number of fused-ring (bicyclic) bond motifs is 1. The molecule has 2 N–H and O–H groups in total. The second-order valence-corrected chi connectivity index (χ2v) is 5.67. The minimum Gasteiger partial charge on any atom is -0.488 e. The molecule has 0 atom stereocenters. The van der Waals surface area contributed by atoms with Gasteiger partial charge >= 0.3 is 5.63 Å². The first-order chi connectivity index (χ1) is 11.5. The average molecular weight is 323 g/mol. The van der Waals surface area contributed by atoms with Crippen LogP contribution in [0.25, 0.3) is 11.0 Å². The number of hydrogen-bond acceptors (Lipinski definition) is 4. The first-order valence-corrected chi connectivity index (χ1v) is 7.51. The molecule has 0 saturated heterocycles. The minimum absolute atomic E-state index is 0.134. The third-order valence-electron chi connectivity index (χ3n) is 3.98. The van der Waals surface area contributed by atoms with Crippen molar-refractivity contribution in [2.75, 3.05) is 0 Å². The molecule has 122 valence electrons. The Morgan fingerprint density at radius 1 is 1.12 bits per heavy atom. The molecule has 24 heavy (non-hydrogen) atoms. The first-order valence-electron chi connectivity index (χ1n) is 7.51. The van der Waals surface area contributed by atoms with Crippen LogP contribution in [0.1, 0.15) is 27.0 Å². The highest BCUT2D eigenvalue weighted by Crippen LogP contribution is 2.24. The number of nitrogens with two attached hydrogens (primary N) is 1. The smallest absolute Gasteiger partial charge is 0.336 e. The van der Waals surface area contributed by atoms with Crippen molar-refractivity contribution in [3.8, 4) is 5.75 Å². The topological polar surface area (TPSA) is 82.5 Å². The molecular weight excluding hydrogens is 306 g/mol. The van der Waals surface area contributed by atoms with Crippen molar-refractivity contribution in [1.29, 1.82) is 0 Å². The van der Waals surface area contributed by atoms with E-state index in [0.29, 0.717) is 22.5 Å². The quantitative estimate of drug-likeness (QED) is 0.748. The molecule has 0 radical (unpaired) electrons. The number of aryl methyl sites for hydroxylation is 2. The summed E-state index contributed by atoms with van der Waals surface area (Å²) in [6, 6.07) is 12.0. The Labute approximate surface area is 138 Å². The van der Waals surface area contributed by atoms with Gasteiger partial charge in [-0.05, 0) is 49.2 Å². The molecule has 0 aliphatic rings. The molecule has 0 bridgehead atoms. The normalized spacial score (nSPS) is 10.8. The van der Waals surface area contributed by atoms with E-state index in [1.54, 1.807) is 24.3 Å². The third-order valence-corrected chi connectivity index (χ3v) is 3.98. The van der Waals surface area contributed by atoms with Gasteiger partial charge in [-0.1, -0.05) is 12.1 Å². The maximum Gasteiger partial charge on any atom is 0.336 e. The summed E-state index contributed by atoms with van der Waals surface area (Å²) in [5, 5.41) is 0.814. The summed E-state index contributed by atoms with van der Waals surface area (Å²) < 4.78 is 11.0. The highest BCUT2D eigenvalue weighted by atomic mass is 16.5. The van der Waals surface area contributed by atoms with E-state index in [4.69, 9.17) is 14.9 Å². The van der Waals surface area contributed by atoms with Crippen LogP contribution in [0.15, 0.2) is 51.7 Å². The molecule has 3 rings (SSSR count). The second-order valence-electron chi connectivity index (χ2n) is 5.67. The average Bonchev–Trinajstić information content (AvgIpc) is 2.54. The molecule has 1 aromatic heterocycles. The van der Waals surface area contributed by atoms with E-state index in [9.17, 15) is 9.59 Å². The van der Waals surface area contributed by atoms with Gasteiger partial charge in [-0.2, -0.15) is 0 Å². The maximum atomic E-state index is 11.8. The Bertz CT molecular complexity index is 988. The van der Waals surface area contributed by atoms with Gasteiger partial charge in [0.05, 0.1) is 5.56 Å². The lowest BCUT2D eigenvalue weighted by Gasteiger charge is -2.11. The highest BCUT2D eigenvalue weighted by molar-refractivity contribution is 5.95. The molecule has 0 saturated carbocycles. The lowest BCUT2D eigenvalue weighted by atomic mass is 10.0. The van der Waals surface area contributed by atoms with E-state index in [0.717, 1.165) is 16.5 Å². The molecular formula is C19H17NO4. The van der Waals surface area contributed by atoms with Crippen LogP contribution in [0, 0.1) is 13.8 Å². The predicted molar refractivity (Wildman–Crippen MR) is 91.2 cm³/mol. The first kappa shape index (κ1) is 15.8. The van der Waals surface area contributed by atoms with E-state index in [1.165, 1.54) is 6.07 Å². The van der Waals surface area contributed by atoms with Crippen LogP contribution in [0.4, 0.5) is 0 Å². The van der Waals surface area contributed by atoms with Crippen LogP contribution < -0.4 is 16.1 Å². The fourth-order valence-electron chi connectivity index (χ4n) is 2.55. The van der Waals surface area contributed by atoms with E-state index in [-0.39, 0.29) is 6.61 Å². The summed E-state index contributed by atoms with van der Waals surface area (Å²) >= 11 is 0. The Morgan fingerprint density at radius 3 is 2.58 bits per heavy atom. The lowest BCUT2D eigenvalue weighted by molar-refractivity contribution is 0.0996. The predicted octanol–water partition coefficient (Wildman–Crippen LogP) is 3.09. The number of para-hydroxylation sites is 1. The van der Waals surface area contributed by atoms with Gasteiger partial charge in [-0.25, -0.2) is 4.79 Å². The number of hydrogen-bond donors (Lipinski definition) is 1. The number of carbonyl (C=O) groups is 1. The molecule has 0 spiro atoms. The van der Waals surface area contributed by atoms with E-state index >= 15 is 0 Å². The van der Waals surface area contributed by atoms with Crippen molar-refractivity contribution in [2.45, 2.75) is 20.5 Å². The number of carbonyl (C=O) groups excluding carboxylic acids is 1. The number of primary amides is 1. The van der Waals surface area contributed by atoms with E-state index in [2.05, 4.69) is 0 Å². The number of benzene rings is 2. The van der Waals surface area contributed by atoms with Crippen molar-refractivity contribution in [3.05, 3.63) is 75.1 Å². The Kier molecular flexibility index (Phi) is 4.08. The number of ether oxygens (including phenoxy) is 1. The molecule has 5 nitrogen and oxygen atoms in total. The Morgan fingerprint density at radius 2 is 1.83 bits per heavy atom. The van der Waals surface area contributed by atoms with Gasteiger partial charge in [-0.3, -0.25) is 4.79 Å². The van der Waals surface area contributed by atoms with E-state index < -0.39 is 11.5 Å². The zero-order valence-electron chi connectivity index (χ0n) is 13.5. The largest absolute Gasteiger partial charge is 0.488 e. The molecule has 3 aromatic rings. The lowest BCUT2D eigenvalue weighted by Crippen LogP contribution is -2.13. The van der Waals surface area contributed by atoms with Gasteiger partial charge < -0.3 is 14.9 Å². The molecule has 1 amide bonds. The summed E-state index contributed by atoms with van der Waals surface area (Å²) in [7, 11) is 0.